The lowest BCUT2D eigenvalue weighted by Crippen LogP contribution is -2.53. The van der Waals surface area contributed by atoms with Crippen molar-refractivity contribution in [1.29, 1.82) is 0 Å². The number of carbonyl (C=O) groups excluding carboxylic acids is 3. The maximum Gasteiger partial charge on any atom is 0.323 e. The lowest BCUT2D eigenvalue weighted by molar-refractivity contribution is -0.873. The molecule has 24 heavy (non-hydrogen) atoms. The van der Waals surface area contributed by atoms with E-state index in [4.69, 9.17) is 16.2 Å². The number of ether oxygens (including phenoxy) is 1. The number of likely N-dealkylation sites (N-methyl/N-ethyl adjacent to an activating group) is 1. The fraction of sp³-hybridized carbons (Fsp3) is 0.786. The Bertz CT molecular complexity index is 402. The summed E-state index contributed by atoms with van der Waals surface area (Å²) in [7, 11) is 5.38. The zero-order valence-electron chi connectivity index (χ0n) is 14.5. The molecule has 0 aliphatic rings. The summed E-state index contributed by atoms with van der Waals surface area (Å²) in [5.41, 5.74) is 11.0. The van der Waals surface area contributed by atoms with Crippen molar-refractivity contribution in [2.24, 2.45) is 17.4 Å². The van der Waals surface area contributed by atoms with Crippen molar-refractivity contribution in [3.8, 4) is 0 Å². The number of halogens is 2. The second-order valence-corrected chi connectivity index (χ2v) is 6.39. The van der Waals surface area contributed by atoms with Gasteiger partial charge in [0.1, 0.15) is 18.4 Å². The lowest BCUT2D eigenvalue weighted by atomic mass is 9.97. The molecule has 4 N–H and O–H groups in total. The minimum Gasteiger partial charge on any atom is -0.549 e. The smallest absolute Gasteiger partial charge is 0.323 e. The molecule has 0 heterocycles. The normalized spacial score (nSPS) is 14.4. The van der Waals surface area contributed by atoms with E-state index in [1.54, 1.807) is 21.1 Å². The van der Waals surface area contributed by atoms with Gasteiger partial charge in [-0.2, -0.15) is 0 Å². The number of ketones is 1. The van der Waals surface area contributed by atoms with Gasteiger partial charge in [0, 0.05) is 0 Å². The van der Waals surface area contributed by atoms with E-state index in [1.807, 2.05) is 0 Å². The number of hydrogen-bond acceptors (Lipinski definition) is 7. The Labute approximate surface area is 155 Å². The van der Waals surface area contributed by atoms with Crippen LogP contribution in [0.4, 0.5) is 0 Å². The summed E-state index contributed by atoms with van der Waals surface area (Å²) < 4.78 is 5.52. The number of aliphatic carboxylic acids is 1. The Balaban J connectivity index is -0.00000220. The molecule has 0 fully saturated rings. The van der Waals surface area contributed by atoms with Gasteiger partial charge in [-0.05, 0) is 26.3 Å². The van der Waals surface area contributed by atoms with Crippen LogP contribution in [-0.4, -0.2) is 68.6 Å². The van der Waals surface area contributed by atoms with Crippen LogP contribution in [0.3, 0.4) is 0 Å². The van der Waals surface area contributed by atoms with Crippen molar-refractivity contribution in [2.75, 3.05) is 34.2 Å². The molecule has 10 heteroatoms. The SMILES string of the molecule is CC(=O)C(C(=O)[O-])C(C[N+](C)(C)C)OC(=O)[C@@H](N)CCCN.Cl.Cl. The van der Waals surface area contributed by atoms with Gasteiger partial charge in [0.2, 0.25) is 0 Å². The van der Waals surface area contributed by atoms with E-state index in [0.29, 0.717) is 23.9 Å². The predicted molar refractivity (Wildman–Crippen MR) is 92.7 cm³/mol. The summed E-state index contributed by atoms with van der Waals surface area (Å²) in [4.78, 5) is 34.8. The van der Waals surface area contributed by atoms with Crippen molar-refractivity contribution in [2.45, 2.75) is 31.9 Å². The molecule has 0 bridgehead atoms. The Hall–Kier alpha value is -0.930. The molecule has 0 spiro atoms. The number of nitrogens with two attached hydrogens (primary N) is 2. The molecular weight excluding hydrogens is 361 g/mol. The number of quaternary nitrogens is 1. The standard InChI is InChI=1S/C14H27N3O5.2ClH/c1-9(18)12(13(19)20)11(8-17(2,3)4)22-14(21)10(16)6-5-7-15;;/h10-12H,5-8,15-16H2,1-4H3;2*1H/t10-,11?,12?;;/m0../s1. The second kappa shape index (κ2) is 12.4. The zero-order valence-corrected chi connectivity index (χ0v) is 16.2. The van der Waals surface area contributed by atoms with Crippen LogP contribution in [0.5, 0.6) is 0 Å². The fourth-order valence-corrected chi connectivity index (χ4v) is 2.02. The van der Waals surface area contributed by atoms with E-state index in [9.17, 15) is 19.5 Å². The summed E-state index contributed by atoms with van der Waals surface area (Å²) in [6, 6.07) is -0.895. The highest BCUT2D eigenvalue weighted by Crippen LogP contribution is 2.14. The molecular formula is C14H29Cl2N3O5. The van der Waals surface area contributed by atoms with E-state index in [-0.39, 0.29) is 31.4 Å². The predicted octanol–water partition coefficient (Wildman–Crippen LogP) is -1.53. The number of esters is 1. The maximum atomic E-state index is 12.0. The molecule has 0 aliphatic heterocycles. The molecule has 0 saturated carbocycles. The van der Waals surface area contributed by atoms with Crippen molar-refractivity contribution in [1.82, 2.24) is 0 Å². The highest BCUT2D eigenvalue weighted by Gasteiger charge is 2.35. The molecule has 0 saturated heterocycles. The number of hydrogen-bond donors (Lipinski definition) is 2. The fourth-order valence-electron chi connectivity index (χ4n) is 2.02. The summed E-state index contributed by atoms with van der Waals surface area (Å²) in [5, 5.41) is 11.2. The largest absolute Gasteiger partial charge is 0.549 e. The Morgan fingerprint density at radius 1 is 1.17 bits per heavy atom. The van der Waals surface area contributed by atoms with Crippen molar-refractivity contribution in [3.05, 3.63) is 0 Å². The molecule has 2 unspecified atom stereocenters. The van der Waals surface area contributed by atoms with Gasteiger partial charge in [0.25, 0.3) is 0 Å². The third kappa shape index (κ3) is 10.8. The summed E-state index contributed by atoms with van der Waals surface area (Å²) in [6.07, 6.45) is -0.242. The van der Waals surface area contributed by atoms with Gasteiger partial charge in [-0.25, -0.2) is 0 Å². The highest BCUT2D eigenvalue weighted by atomic mass is 35.5. The molecule has 0 rings (SSSR count). The Morgan fingerprint density at radius 2 is 1.67 bits per heavy atom. The topological polar surface area (TPSA) is 136 Å². The zero-order chi connectivity index (χ0) is 17.5. The van der Waals surface area contributed by atoms with Gasteiger partial charge >= 0.3 is 5.97 Å². The molecule has 8 nitrogen and oxygen atoms in total. The van der Waals surface area contributed by atoms with Crippen LogP contribution in [0.25, 0.3) is 0 Å². The number of carbonyl (C=O) groups is 3. The van der Waals surface area contributed by atoms with Gasteiger partial charge in [-0.15, -0.1) is 24.8 Å². The molecule has 0 aromatic carbocycles. The van der Waals surface area contributed by atoms with Gasteiger partial charge in [0.15, 0.2) is 6.10 Å². The van der Waals surface area contributed by atoms with E-state index in [0.717, 1.165) is 6.92 Å². The quantitative estimate of drug-likeness (QED) is 0.262. The third-order valence-corrected chi connectivity index (χ3v) is 3.08. The van der Waals surface area contributed by atoms with Crippen LogP contribution in [0.15, 0.2) is 0 Å². The van der Waals surface area contributed by atoms with Gasteiger partial charge < -0.3 is 30.6 Å². The first-order valence-electron chi connectivity index (χ1n) is 7.17. The van der Waals surface area contributed by atoms with E-state index >= 15 is 0 Å². The number of carboxylic acids is 1. The van der Waals surface area contributed by atoms with Crippen LogP contribution in [0.1, 0.15) is 19.8 Å². The molecule has 0 aromatic rings. The minimum absolute atomic E-state index is 0. The van der Waals surface area contributed by atoms with Crippen LogP contribution in [-0.2, 0) is 19.1 Å². The van der Waals surface area contributed by atoms with Gasteiger partial charge in [-0.1, -0.05) is 0 Å². The van der Waals surface area contributed by atoms with E-state index < -0.39 is 35.8 Å². The average Bonchev–Trinajstić information content (AvgIpc) is 2.32. The first kappa shape index (κ1) is 27.9. The van der Waals surface area contributed by atoms with E-state index in [1.165, 1.54) is 0 Å². The van der Waals surface area contributed by atoms with Crippen molar-refractivity contribution >= 4 is 42.5 Å². The Kier molecular flexibility index (Phi) is 14.5. The van der Waals surface area contributed by atoms with Gasteiger partial charge in [-0.3, -0.25) is 9.59 Å². The third-order valence-electron chi connectivity index (χ3n) is 3.08. The molecule has 3 atom stereocenters. The van der Waals surface area contributed by atoms with Gasteiger partial charge in [0.05, 0.1) is 33.0 Å². The van der Waals surface area contributed by atoms with Crippen LogP contribution < -0.4 is 16.6 Å². The number of rotatable bonds is 10. The average molecular weight is 390 g/mol. The lowest BCUT2D eigenvalue weighted by Gasteiger charge is -2.33. The Morgan fingerprint density at radius 3 is 2.00 bits per heavy atom. The van der Waals surface area contributed by atoms with Crippen LogP contribution in [0, 0.1) is 5.92 Å². The molecule has 0 amide bonds. The van der Waals surface area contributed by atoms with E-state index in [2.05, 4.69) is 0 Å². The maximum absolute atomic E-state index is 12.0. The molecule has 0 aromatic heterocycles. The first-order valence-corrected chi connectivity index (χ1v) is 7.17. The number of carboxylic acid groups (broad SMARTS) is 1. The number of nitrogens with zero attached hydrogens (tertiary/aromatic N) is 1. The minimum atomic E-state index is -1.56. The summed E-state index contributed by atoms with van der Waals surface area (Å²) >= 11 is 0. The summed E-state index contributed by atoms with van der Waals surface area (Å²) in [5.74, 6) is -4.43. The first-order chi connectivity index (χ1) is 9.99. The van der Waals surface area contributed by atoms with Crippen molar-refractivity contribution in [3.63, 3.8) is 0 Å². The molecule has 144 valence electrons. The monoisotopic (exact) mass is 389 g/mol. The van der Waals surface area contributed by atoms with Crippen molar-refractivity contribution < 1.29 is 28.7 Å². The molecule has 0 radical (unpaired) electrons. The molecule has 0 aliphatic carbocycles. The van der Waals surface area contributed by atoms with Crippen LogP contribution >= 0.6 is 24.8 Å². The summed E-state index contributed by atoms with van der Waals surface area (Å²) in [6.45, 7) is 1.66. The highest BCUT2D eigenvalue weighted by molar-refractivity contribution is 5.97. The second-order valence-electron chi connectivity index (χ2n) is 6.39. The number of Topliss-reactive ketones (excluding diaryl/α,β-unsaturated/α-hetero) is 1. The van der Waals surface area contributed by atoms with Crippen LogP contribution in [0.2, 0.25) is 0 Å².